The molecule has 0 bridgehead atoms. The number of rotatable bonds is 7. The Labute approximate surface area is 404 Å². The second kappa shape index (κ2) is 16.3. The van der Waals surface area contributed by atoms with E-state index >= 15 is 0 Å². The average Bonchev–Trinajstić information content (AvgIpc) is 3.55. The van der Waals surface area contributed by atoms with Gasteiger partial charge in [-0.2, -0.15) is 0 Å². The number of hydrogen-bond donors (Lipinski definition) is 0. The SMILES string of the molecule is CC1(C)c2ccccc2-c2ccc(N(c3ccc(-c4ccccc4)cc3)c3ccc(-c4ccc(-c5ccc6c(c5)-c5cc(-c7ccccc7)ccc5-c5cc7ccccc7cc5O6)cc4)cc3)cc21. The van der Waals surface area contributed by atoms with E-state index in [1.807, 2.05) is 0 Å². The molecule has 0 saturated heterocycles. The summed E-state index contributed by atoms with van der Waals surface area (Å²) in [6.07, 6.45) is 0. The van der Waals surface area contributed by atoms with Crippen molar-refractivity contribution in [2.24, 2.45) is 0 Å². The molecule has 13 rings (SSSR count). The van der Waals surface area contributed by atoms with Gasteiger partial charge in [-0.15, -0.1) is 0 Å². The molecule has 1 heterocycles. The van der Waals surface area contributed by atoms with E-state index in [9.17, 15) is 0 Å². The predicted molar refractivity (Wildman–Crippen MR) is 289 cm³/mol. The van der Waals surface area contributed by atoms with Crippen LogP contribution in [0.15, 0.2) is 249 Å². The second-order valence-corrected chi connectivity index (χ2v) is 18.9. The highest BCUT2D eigenvalue weighted by atomic mass is 16.5. The van der Waals surface area contributed by atoms with Gasteiger partial charge < -0.3 is 9.64 Å². The third-order valence-corrected chi connectivity index (χ3v) is 14.5. The molecule has 69 heavy (non-hydrogen) atoms. The van der Waals surface area contributed by atoms with Gasteiger partial charge >= 0.3 is 0 Å². The Morgan fingerprint density at radius 3 is 1.36 bits per heavy atom. The summed E-state index contributed by atoms with van der Waals surface area (Å²) in [7, 11) is 0. The van der Waals surface area contributed by atoms with Crippen LogP contribution >= 0.6 is 0 Å². The van der Waals surface area contributed by atoms with Gasteiger partial charge in [-0.05, 0) is 155 Å². The minimum absolute atomic E-state index is 0.106. The van der Waals surface area contributed by atoms with Gasteiger partial charge in [0.1, 0.15) is 11.5 Å². The molecule has 11 aromatic carbocycles. The fraction of sp³-hybridized carbons (Fsp3) is 0.0448. The highest BCUT2D eigenvalue weighted by Crippen LogP contribution is 2.52. The van der Waals surface area contributed by atoms with E-state index in [-0.39, 0.29) is 5.41 Å². The Bertz CT molecular complexity index is 3740. The third-order valence-electron chi connectivity index (χ3n) is 14.5. The summed E-state index contributed by atoms with van der Waals surface area (Å²) in [5, 5.41) is 2.36. The molecule has 0 N–H and O–H groups in total. The largest absolute Gasteiger partial charge is 0.456 e. The molecular weight excluding hydrogens is 835 g/mol. The molecule has 2 aliphatic rings. The van der Waals surface area contributed by atoms with Gasteiger partial charge in [0.15, 0.2) is 0 Å². The molecule has 0 saturated carbocycles. The summed E-state index contributed by atoms with van der Waals surface area (Å²) in [5.41, 5.74) is 22.5. The first kappa shape index (κ1) is 40.5. The fourth-order valence-electron chi connectivity index (χ4n) is 10.8. The van der Waals surface area contributed by atoms with Crippen LogP contribution in [0.4, 0.5) is 17.1 Å². The normalized spacial score (nSPS) is 12.7. The lowest BCUT2D eigenvalue weighted by Crippen LogP contribution is -2.16. The number of ether oxygens (including phenoxy) is 1. The summed E-state index contributed by atoms with van der Waals surface area (Å²) in [5.74, 6) is 1.72. The van der Waals surface area contributed by atoms with Crippen LogP contribution < -0.4 is 9.64 Å². The second-order valence-electron chi connectivity index (χ2n) is 18.9. The van der Waals surface area contributed by atoms with E-state index in [0.29, 0.717) is 0 Å². The molecule has 11 aromatic rings. The Morgan fingerprint density at radius 1 is 0.275 bits per heavy atom. The molecule has 0 amide bonds. The van der Waals surface area contributed by atoms with E-state index in [1.54, 1.807) is 0 Å². The Hall–Kier alpha value is -8.72. The van der Waals surface area contributed by atoms with Crippen molar-refractivity contribution in [1.82, 2.24) is 0 Å². The predicted octanol–water partition coefficient (Wildman–Crippen LogP) is 18.7. The van der Waals surface area contributed by atoms with Crippen LogP contribution in [0.2, 0.25) is 0 Å². The van der Waals surface area contributed by atoms with Crippen LogP contribution in [0.3, 0.4) is 0 Å². The summed E-state index contributed by atoms with van der Waals surface area (Å²) >= 11 is 0. The van der Waals surface area contributed by atoms with Crippen molar-refractivity contribution in [1.29, 1.82) is 0 Å². The maximum absolute atomic E-state index is 6.85. The lowest BCUT2D eigenvalue weighted by atomic mass is 9.82. The van der Waals surface area contributed by atoms with Crippen LogP contribution in [0.25, 0.3) is 88.7 Å². The molecule has 326 valence electrons. The van der Waals surface area contributed by atoms with Gasteiger partial charge in [0, 0.05) is 33.6 Å². The summed E-state index contributed by atoms with van der Waals surface area (Å²) < 4.78 is 6.85. The molecule has 2 nitrogen and oxygen atoms in total. The van der Waals surface area contributed by atoms with E-state index < -0.39 is 0 Å². The van der Waals surface area contributed by atoms with Gasteiger partial charge in [-0.25, -0.2) is 0 Å². The van der Waals surface area contributed by atoms with Gasteiger partial charge in [0.25, 0.3) is 0 Å². The lowest BCUT2D eigenvalue weighted by Gasteiger charge is -2.28. The zero-order valence-electron chi connectivity index (χ0n) is 38.5. The van der Waals surface area contributed by atoms with Gasteiger partial charge in [0.2, 0.25) is 0 Å². The monoisotopic (exact) mass is 881 g/mol. The van der Waals surface area contributed by atoms with Crippen molar-refractivity contribution >= 4 is 27.8 Å². The zero-order chi connectivity index (χ0) is 46.1. The molecule has 2 heteroatoms. The molecule has 0 spiro atoms. The number of hydrogen-bond acceptors (Lipinski definition) is 2. The summed E-state index contributed by atoms with van der Waals surface area (Å²) in [6, 6.07) is 90.5. The molecule has 0 unspecified atom stereocenters. The van der Waals surface area contributed by atoms with Gasteiger partial charge in [-0.1, -0.05) is 196 Å². The van der Waals surface area contributed by atoms with Gasteiger partial charge in [0.05, 0.1) is 0 Å². The van der Waals surface area contributed by atoms with E-state index in [4.69, 9.17) is 4.74 Å². The zero-order valence-corrected chi connectivity index (χ0v) is 38.5. The van der Waals surface area contributed by atoms with Crippen LogP contribution in [0, 0.1) is 0 Å². The third kappa shape index (κ3) is 7.03. The number of benzene rings is 11. The van der Waals surface area contributed by atoms with Crippen molar-refractivity contribution in [2.45, 2.75) is 19.3 Å². The first-order chi connectivity index (χ1) is 33.9. The van der Waals surface area contributed by atoms with Crippen LogP contribution in [0.5, 0.6) is 11.5 Å². The van der Waals surface area contributed by atoms with Crippen molar-refractivity contribution < 1.29 is 4.74 Å². The highest BCUT2D eigenvalue weighted by molar-refractivity contribution is 5.99. The molecule has 1 aliphatic heterocycles. The van der Waals surface area contributed by atoms with E-state index in [2.05, 4.69) is 267 Å². The van der Waals surface area contributed by atoms with Crippen LogP contribution in [-0.2, 0) is 5.41 Å². The quantitative estimate of drug-likeness (QED) is 0.158. The Kier molecular flexibility index (Phi) is 9.55. The summed E-state index contributed by atoms with van der Waals surface area (Å²) in [4.78, 5) is 2.39. The standard InChI is InChI=1S/C67H47NO/c1-67(2)63-20-12-11-19-58(63)59-37-35-56(43-64(59)67)68(54-31-25-47(26-32-54)44-13-5-3-6-14-44)55-33-27-48(28-34-55)46-21-23-49(24-22-46)53-30-38-65-62(41-53)60-39-52(45-15-7-4-8-16-45)29-36-57(60)61-40-50-17-9-10-18-51(50)42-66(61)69-65/h3-43H,1-2H3. The molecule has 0 fully saturated rings. The molecule has 0 radical (unpaired) electrons. The molecular formula is C67H47NO. The maximum atomic E-state index is 6.85. The minimum Gasteiger partial charge on any atom is -0.456 e. The molecule has 0 aromatic heterocycles. The fourth-order valence-corrected chi connectivity index (χ4v) is 10.8. The summed E-state index contributed by atoms with van der Waals surface area (Å²) in [6.45, 7) is 4.70. The average molecular weight is 882 g/mol. The smallest absolute Gasteiger partial charge is 0.135 e. The van der Waals surface area contributed by atoms with Crippen molar-refractivity contribution in [3.05, 3.63) is 260 Å². The van der Waals surface area contributed by atoms with E-state index in [1.165, 1.54) is 61.0 Å². The Morgan fingerprint density at radius 2 is 0.710 bits per heavy atom. The van der Waals surface area contributed by atoms with Crippen molar-refractivity contribution in [2.75, 3.05) is 4.90 Å². The molecule has 1 aliphatic carbocycles. The maximum Gasteiger partial charge on any atom is 0.135 e. The lowest BCUT2D eigenvalue weighted by molar-refractivity contribution is 0.488. The van der Waals surface area contributed by atoms with Crippen LogP contribution in [-0.4, -0.2) is 0 Å². The van der Waals surface area contributed by atoms with Crippen LogP contribution in [0.1, 0.15) is 25.0 Å². The molecule has 0 atom stereocenters. The highest BCUT2D eigenvalue weighted by Gasteiger charge is 2.36. The minimum atomic E-state index is -0.106. The van der Waals surface area contributed by atoms with Crippen molar-refractivity contribution in [3.8, 4) is 89.4 Å². The first-order valence-electron chi connectivity index (χ1n) is 23.9. The van der Waals surface area contributed by atoms with E-state index in [0.717, 1.165) is 67.3 Å². The van der Waals surface area contributed by atoms with Crippen molar-refractivity contribution in [3.63, 3.8) is 0 Å². The Balaban J connectivity index is 0.843. The number of fused-ring (bicyclic) bond motifs is 9. The topological polar surface area (TPSA) is 12.5 Å². The number of anilines is 3. The van der Waals surface area contributed by atoms with Gasteiger partial charge in [-0.3, -0.25) is 0 Å². The first-order valence-corrected chi connectivity index (χ1v) is 23.9. The number of nitrogens with zero attached hydrogens (tertiary/aromatic N) is 1.